The standard InChI is InChI=1S/C16H12INO3/c1-9-16(20)18-13-8-11(5-6-14(13)21-9)15(19)10-3-2-4-12(17)7-10/h2-9H,1H3,(H,18,20). The van der Waals surface area contributed by atoms with Crippen LogP contribution < -0.4 is 10.1 Å². The fourth-order valence-corrected chi connectivity index (χ4v) is 2.69. The highest BCUT2D eigenvalue weighted by Gasteiger charge is 2.24. The SMILES string of the molecule is CC1Oc2ccc(C(=O)c3cccc(I)c3)cc2NC1=O. The average Bonchev–Trinajstić information content (AvgIpc) is 2.47. The van der Waals surface area contributed by atoms with Gasteiger partial charge in [0.2, 0.25) is 0 Å². The number of fused-ring (bicyclic) bond motifs is 1. The molecule has 0 saturated heterocycles. The van der Waals surface area contributed by atoms with Gasteiger partial charge < -0.3 is 10.1 Å². The molecule has 0 spiro atoms. The summed E-state index contributed by atoms with van der Waals surface area (Å²) in [6.07, 6.45) is -0.519. The van der Waals surface area contributed by atoms with Gasteiger partial charge in [0, 0.05) is 14.7 Å². The number of amides is 1. The summed E-state index contributed by atoms with van der Waals surface area (Å²) in [6, 6.07) is 12.5. The Morgan fingerprint density at radius 1 is 1.19 bits per heavy atom. The zero-order chi connectivity index (χ0) is 15.0. The molecule has 1 aliphatic heterocycles. The van der Waals surface area contributed by atoms with E-state index in [2.05, 4.69) is 27.9 Å². The largest absolute Gasteiger partial charge is 0.479 e. The van der Waals surface area contributed by atoms with Crippen LogP contribution in [0, 0.1) is 3.57 Å². The molecule has 0 bridgehead atoms. The number of carbonyl (C=O) groups excluding carboxylic acids is 2. The summed E-state index contributed by atoms with van der Waals surface area (Å²) < 4.78 is 6.48. The molecule has 0 fully saturated rings. The Kier molecular flexibility index (Phi) is 3.67. The van der Waals surface area contributed by atoms with Crippen molar-refractivity contribution in [3.63, 3.8) is 0 Å². The fraction of sp³-hybridized carbons (Fsp3) is 0.125. The molecule has 106 valence electrons. The van der Waals surface area contributed by atoms with Gasteiger partial charge in [-0.1, -0.05) is 12.1 Å². The summed E-state index contributed by atoms with van der Waals surface area (Å²) in [6.45, 7) is 1.68. The maximum absolute atomic E-state index is 12.5. The summed E-state index contributed by atoms with van der Waals surface area (Å²) in [5.74, 6) is 0.298. The third-order valence-corrected chi connectivity index (χ3v) is 3.93. The molecule has 0 radical (unpaired) electrons. The van der Waals surface area contributed by atoms with Gasteiger partial charge in [-0.25, -0.2) is 0 Å². The van der Waals surface area contributed by atoms with Crippen molar-refractivity contribution in [2.24, 2.45) is 0 Å². The summed E-state index contributed by atoms with van der Waals surface area (Å²) in [7, 11) is 0. The van der Waals surface area contributed by atoms with Crippen LogP contribution >= 0.6 is 22.6 Å². The normalized spacial score (nSPS) is 16.7. The van der Waals surface area contributed by atoms with E-state index in [9.17, 15) is 9.59 Å². The predicted octanol–water partition coefficient (Wildman–Crippen LogP) is 3.24. The van der Waals surface area contributed by atoms with Gasteiger partial charge in [0.15, 0.2) is 11.9 Å². The van der Waals surface area contributed by atoms with Crippen molar-refractivity contribution < 1.29 is 14.3 Å². The molecule has 1 aliphatic rings. The molecule has 1 amide bonds. The highest BCUT2D eigenvalue weighted by atomic mass is 127. The Bertz CT molecular complexity index is 742. The lowest BCUT2D eigenvalue weighted by Crippen LogP contribution is -2.34. The second-order valence-electron chi connectivity index (χ2n) is 4.80. The molecule has 0 aliphatic carbocycles. The van der Waals surface area contributed by atoms with Crippen LogP contribution in [-0.2, 0) is 4.79 Å². The van der Waals surface area contributed by atoms with Gasteiger partial charge in [0.05, 0.1) is 5.69 Å². The third-order valence-electron chi connectivity index (χ3n) is 3.26. The van der Waals surface area contributed by atoms with Gasteiger partial charge in [0.1, 0.15) is 5.75 Å². The molecule has 1 N–H and O–H groups in total. The van der Waals surface area contributed by atoms with Gasteiger partial charge >= 0.3 is 0 Å². The number of rotatable bonds is 2. The lowest BCUT2D eigenvalue weighted by atomic mass is 10.0. The van der Waals surface area contributed by atoms with E-state index in [1.807, 2.05) is 18.2 Å². The lowest BCUT2D eigenvalue weighted by molar-refractivity contribution is -0.122. The fourth-order valence-electron chi connectivity index (χ4n) is 2.15. The first-order valence-corrected chi connectivity index (χ1v) is 7.54. The zero-order valence-electron chi connectivity index (χ0n) is 11.2. The molecule has 0 saturated carbocycles. The van der Waals surface area contributed by atoms with Crippen molar-refractivity contribution in [2.45, 2.75) is 13.0 Å². The van der Waals surface area contributed by atoms with Crippen molar-refractivity contribution in [1.82, 2.24) is 0 Å². The maximum atomic E-state index is 12.5. The number of halogens is 1. The predicted molar refractivity (Wildman–Crippen MR) is 87.8 cm³/mol. The van der Waals surface area contributed by atoms with E-state index >= 15 is 0 Å². The topological polar surface area (TPSA) is 55.4 Å². The molecule has 1 heterocycles. The van der Waals surface area contributed by atoms with E-state index < -0.39 is 6.10 Å². The molecule has 0 aromatic heterocycles. The van der Waals surface area contributed by atoms with Gasteiger partial charge in [-0.3, -0.25) is 9.59 Å². The molecule has 4 nitrogen and oxygen atoms in total. The maximum Gasteiger partial charge on any atom is 0.265 e. The van der Waals surface area contributed by atoms with Crippen LogP contribution in [0.15, 0.2) is 42.5 Å². The Hall–Kier alpha value is -1.89. The number of hydrogen-bond donors (Lipinski definition) is 1. The minimum absolute atomic E-state index is 0.0795. The molecule has 3 rings (SSSR count). The van der Waals surface area contributed by atoms with Crippen molar-refractivity contribution in [3.05, 3.63) is 57.2 Å². The van der Waals surface area contributed by atoms with Crippen LogP contribution in [0.25, 0.3) is 0 Å². The van der Waals surface area contributed by atoms with Gasteiger partial charge in [-0.2, -0.15) is 0 Å². The number of benzene rings is 2. The van der Waals surface area contributed by atoms with Crippen molar-refractivity contribution in [3.8, 4) is 5.75 Å². The number of hydrogen-bond acceptors (Lipinski definition) is 3. The van der Waals surface area contributed by atoms with Crippen LogP contribution in [-0.4, -0.2) is 17.8 Å². The van der Waals surface area contributed by atoms with Crippen LogP contribution in [0.4, 0.5) is 5.69 Å². The second kappa shape index (κ2) is 5.48. The van der Waals surface area contributed by atoms with E-state index in [1.165, 1.54) is 0 Å². The molecule has 1 atom stereocenters. The Labute approximate surface area is 135 Å². The molecule has 2 aromatic carbocycles. The van der Waals surface area contributed by atoms with Crippen LogP contribution in [0.2, 0.25) is 0 Å². The summed E-state index contributed by atoms with van der Waals surface area (Å²) in [4.78, 5) is 24.1. The number of nitrogens with one attached hydrogen (secondary N) is 1. The van der Waals surface area contributed by atoms with Gasteiger partial charge in [-0.05, 0) is 59.8 Å². The van der Waals surface area contributed by atoms with E-state index in [-0.39, 0.29) is 11.7 Å². The molecule has 1 unspecified atom stereocenters. The van der Waals surface area contributed by atoms with E-state index in [0.29, 0.717) is 22.6 Å². The Morgan fingerprint density at radius 2 is 1.95 bits per heavy atom. The van der Waals surface area contributed by atoms with Crippen molar-refractivity contribution in [1.29, 1.82) is 0 Å². The molecular weight excluding hydrogens is 381 g/mol. The minimum atomic E-state index is -0.519. The second-order valence-corrected chi connectivity index (χ2v) is 6.05. The Morgan fingerprint density at radius 3 is 2.71 bits per heavy atom. The monoisotopic (exact) mass is 393 g/mol. The molecule has 5 heteroatoms. The van der Waals surface area contributed by atoms with Crippen LogP contribution in [0.5, 0.6) is 5.75 Å². The summed E-state index contributed by atoms with van der Waals surface area (Å²) in [5, 5.41) is 2.75. The van der Waals surface area contributed by atoms with Gasteiger partial charge in [-0.15, -0.1) is 0 Å². The van der Waals surface area contributed by atoms with Crippen LogP contribution in [0.1, 0.15) is 22.8 Å². The van der Waals surface area contributed by atoms with Crippen molar-refractivity contribution in [2.75, 3.05) is 5.32 Å². The molecule has 2 aromatic rings. The number of anilines is 1. The summed E-state index contributed by atoms with van der Waals surface area (Å²) >= 11 is 2.17. The average molecular weight is 393 g/mol. The summed E-state index contributed by atoms with van der Waals surface area (Å²) in [5.41, 5.74) is 1.68. The highest BCUT2D eigenvalue weighted by molar-refractivity contribution is 14.1. The Balaban J connectivity index is 1.96. The van der Waals surface area contributed by atoms with E-state index in [1.54, 1.807) is 31.2 Å². The van der Waals surface area contributed by atoms with E-state index in [4.69, 9.17) is 4.74 Å². The lowest BCUT2D eigenvalue weighted by Gasteiger charge is -2.23. The highest BCUT2D eigenvalue weighted by Crippen LogP contribution is 2.31. The minimum Gasteiger partial charge on any atom is -0.479 e. The smallest absolute Gasteiger partial charge is 0.265 e. The number of ketones is 1. The van der Waals surface area contributed by atoms with Gasteiger partial charge in [0.25, 0.3) is 5.91 Å². The zero-order valence-corrected chi connectivity index (χ0v) is 13.4. The molecule has 21 heavy (non-hydrogen) atoms. The number of ether oxygens (including phenoxy) is 1. The van der Waals surface area contributed by atoms with Crippen molar-refractivity contribution >= 4 is 40.0 Å². The molecular formula is C16H12INO3. The third kappa shape index (κ3) is 2.78. The number of carbonyl (C=O) groups is 2. The van der Waals surface area contributed by atoms with E-state index in [0.717, 1.165) is 3.57 Å². The quantitative estimate of drug-likeness (QED) is 0.630. The first kappa shape index (κ1) is 14.1. The first-order valence-electron chi connectivity index (χ1n) is 6.46. The van der Waals surface area contributed by atoms with Crippen LogP contribution in [0.3, 0.4) is 0 Å². The first-order chi connectivity index (χ1) is 10.0.